The molecule has 0 N–H and O–H groups in total. The van der Waals surface area contributed by atoms with E-state index in [0.717, 1.165) is 21.2 Å². The summed E-state index contributed by atoms with van der Waals surface area (Å²) >= 11 is 3.56. The Labute approximate surface area is 244 Å². The number of aromatic nitrogens is 2. The number of benzene rings is 3. The number of nitrogens with zero attached hydrogens (tertiary/aromatic N) is 2. The van der Waals surface area contributed by atoms with Crippen LogP contribution in [-0.2, 0) is 27.2 Å². The molecule has 1 aliphatic rings. The van der Waals surface area contributed by atoms with Crippen LogP contribution in [-0.4, -0.2) is 22.3 Å². The molecular formula is C33H25BrN2O5. The van der Waals surface area contributed by atoms with E-state index in [1.165, 1.54) is 10.8 Å². The Balaban J connectivity index is 1.63. The van der Waals surface area contributed by atoms with Gasteiger partial charge in [-0.25, -0.2) is 4.79 Å². The fraction of sp³-hybridized carbons (Fsp3) is 0.121. The Morgan fingerprint density at radius 2 is 1.66 bits per heavy atom. The molecule has 1 aliphatic heterocycles. The van der Waals surface area contributed by atoms with Gasteiger partial charge in [-0.2, -0.15) is 0 Å². The van der Waals surface area contributed by atoms with Gasteiger partial charge in [0.1, 0.15) is 24.6 Å². The third kappa shape index (κ3) is 5.51. The van der Waals surface area contributed by atoms with Crippen molar-refractivity contribution in [2.75, 3.05) is 6.79 Å². The van der Waals surface area contributed by atoms with Crippen LogP contribution in [0.15, 0.2) is 125 Å². The highest BCUT2D eigenvalue weighted by atomic mass is 79.9. The van der Waals surface area contributed by atoms with Crippen LogP contribution in [0.2, 0.25) is 0 Å². The van der Waals surface area contributed by atoms with Crippen molar-refractivity contribution < 1.29 is 19.0 Å². The third-order valence-electron chi connectivity index (χ3n) is 6.96. The van der Waals surface area contributed by atoms with Gasteiger partial charge in [0, 0.05) is 34.2 Å². The van der Waals surface area contributed by atoms with E-state index in [-0.39, 0.29) is 24.7 Å². The Kier molecular flexibility index (Phi) is 7.65. The molecule has 3 aromatic carbocycles. The first kappa shape index (κ1) is 26.5. The summed E-state index contributed by atoms with van der Waals surface area (Å²) < 4.78 is 19.5. The molecule has 0 saturated carbocycles. The van der Waals surface area contributed by atoms with Crippen LogP contribution in [0.4, 0.5) is 0 Å². The smallest absolute Gasteiger partial charge is 0.356 e. The lowest BCUT2D eigenvalue weighted by Gasteiger charge is -2.26. The van der Waals surface area contributed by atoms with Crippen LogP contribution in [0.3, 0.4) is 0 Å². The summed E-state index contributed by atoms with van der Waals surface area (Å²) in [5.74, 6) is -0.174. The second-order valence-corrected chi connectivity index (χ2v) is 10.5. The SMILES string of the molecule is O=C(OCc1ccncc1)c1c(-c2ccccc2)c2cc(Br)ccc2c(=O)n1C(Cc1ccccc1)C1=COCO1. The molecule has 7 nitrogen and oxygen atoms in total. The molecule has 1 unspecified atom stereocenters. The van der Waals surface area contributed by atoms with Crippen molar-refractivity contribution in [3.8, 4) is 11.1 Å². The van der Waals surface area contributed by atoms with Crippen LogP contribution in [0.25, 0.3) is 21.9 Å². The highest BCUT2D eigenvalue weighted by Gasteiger charge is 2.32. The molecule has 0 aliphatic carbocycles. The second-order valence-electron chi connectivity index (χ2n) is 9.54. The Bertz CT molecular complexity index is 1790. The monoisotopic (exact) mass is 608 g/mol. The number of ether oxygens (including phenoxy) is 3. The molecule has 0 fully saturated rings. The summed E-state index contributed by atoms with van der Waals surface area (Å²) in [4.78, 5) is 32.6. The zero-order valence-corrected chi connectivity index (χ0v) is 23.5. The minimum absolute atomic E-state index is 0.0198. The van der Waals surface area contributed by atoms with E-state index in [9.17, 15) is 9.59 Å². The van der Waals surface area contributed by atoms with Crippen molar-refractivity contribution >= 4 is 32.7 Å². The largest absolute Gasteiger partial charge is 0.462 e. The van der Waals surface area contributed by atoms with Gasteiger partial charge in [0.15, 0.2) is 5.76 Å². The molecule has 5 aromatic rings. The molecule has 1 atom stereocenters. The van der Waals surface area contributed by atoms with E-state index < -0.39 is 12.0 Å². The van der Waals surface area contributed by atoms with E-state index in [4.69, 9.17) is 14.2 Å². The third-order valence-corrected chi connectivity index (χ3v) is 7.45. The number of hydrogen-bond acceptors (Lipinski definition) is 6. The van der Waals surface area contributed by atoms with Gasteiger partial charge in [0.2, 0.25) is 6.79 Å². The van der Waals surface area contributed by atoms with Gasteiger partial charge in [0.25, 0.3) is 5.56 Å². The zero-order chi connectivity index (χ0) is 28.2. The van der Waals surface area contributed by atoms with Crippen LogP contribution < -0.4 is 5.56 Å². The van der Waals surface area contributed by atoms with Crippen molar-refractivity contribution in [1.29, 1.82) is 0 Å². The van der Waals surface area contributed by atoms with Crippen molar-refractivity contribution in [3.63, 3.8) is 0 Å². The van der Waals surface area contributed by atoms with Crippen LogP contribution in [0, 0.1) is 0 Å². The number of rotatable bonds is 8. The van der Waals surface area contributed by atoms with E-state index in [1.54, 1.807) is 30.6 Å². The van der Waals surface area contributed by atoms with E-state index in [2.05, 4.69) is 20.9 Å². The molecule has 0 saturated heterocycles. The highest BCUT2D eigenvalue weighted by molar-refractivity contribution is 9.10. The molecule has 41 heavy (non-hydrogen) atoms. The number of carbonyl (C=O) groups is 1. The van der Waals surface area contributed by atoms with Gasteiger partial charge < -0.3 is 14.2 Å². The normalized spacial score (nSPS) is 13.2. The summed E-state index contributed by atoms with van der Waals surface area (Å²) in [5, 5.41) is 1.11. The standard InChI is InChI=1S/C33H25BrN2O5/c34-25-11-12-26-27(18-25)30(24-9-5-2-6-10-24)31(33(38)40-19-23-13-15-35-16-14-23)36(32(26)37)28(29-20-39-21-41-29)17-22-7-3-1-4-8-22/h1-16,18,20,28H,17,19,21H2. The molecule has 8 heteroatoms. The molecule has 204 valence electrons. The maximum absolute atomic E-state index is 14.4. The average Bonchev–Trinajstić information content (AvgIpc) is 3.55. The number of pyridine rings is 2. The first-order valence-electron chi connectivity index (χ1n) is 13.1. The van der Waals surface area contributed by atoms with Gasteiger partial charge in [-0.1, -0.05) is 76.6 Å². The van der Waals surface area contributed by atoms with E-state index >= 15 is 0 Å². The van der Waals surface area contributed by atoms with Crippen molar-refractivity contribution in [3.05, 3.63) is 147 Å². The van der Waals surface area contributed by atoms with Gasteiger partial charge in [-0.3, -0.25) is 14.3 Å². The topological polar surface area (TPSA) is 79.7 Å². The number of fused-ring (bicyclic) bond motifs is 1. The van der Waals surface area contributed by atoms with E-state index in [1.807, 2.05) is 72.8 Å². The Hall–Kier alpha value is -4.69. The number of esters is 1. The molecule has 0 spiro atoms. The first-order valence-corrected chi connectivity index (χ1v) is 13.9. The average molecular weight is 609 g/mol. The summed E-state index contributed by atoms with van der Waals surface area (Å²) in [6.45, 7) is 0.0508. The molecule has 3 heterocycles. The van der Waals surface area contributed by atoms with Crippen molar-refractivity contribution in [2.45, 2.75) is 19.1 Å². The summed E-state index contributed by atoms with van der Waals surface area (Å²) in [7, 11) is 0. The lowest BCUT2D eigenvalue weighted by molar-refractivity contribution is 0.0452. The van der Waals surface area contributed by atoms with Gasteiger partial charge in [0.05, 0.1) is 0 Å². The first-order chi connectivity index (χ1) is 20.1. The predicted octanol–water partition coefficient (Wildman–Crippen LogP) is 6.81. The fourth-order valence-electron chi connectivity index (χ4n) is 5.06. The van der Waals surface area contributed by atoms with Crippen LogP contribution >= 0.6 is 15.9 Å². The van der Waals surface area contributed by atoms with Crippen molar-refractivity contribution in [2.24, 2.45) is 0 Å². The van der Waals surface area contributed by atoms with Crippen molar-refractivity contribution in [1.82, 2.24) is 9.55 Å². The molecule has 6 rings (SSSR count). The molecule has 0 amide bonds. The van der Waals surface area contributed by atoms with Crippen LogP contribution in [0.5, 0.6) is 0 Å². The molecule has 0 bridgehead atoms. The summed E-state index contributed by atoms with van der Waals surface area (Å²) in [6.07, 6.45) is 5.18. The zero-order valence-electron chi connectivity index (χ0n) is 21.9. The Morgan fingerprint density at radius 3 is 2.37 bits per heavy atom. The number of allylic oxidation sites excluding steroid dienone is 1. The maximum atomic E-state index is 14.4. The number of halogens is 1. The maximum Gasteiger partial charge on any atom is 0.356 e. The lowest BCUT2D eigenvalue weighted by Crippen LogP contribution is -2.34. The number of carbonyl (C=O) groups excluding carboxylic acids is 1. The minimum atomic E-state index is -0.675. The van der Waals surface area contributed by atoms with Gasteiger partial charge in [-0.05, 0) is 52.4 Å². The summed E-state index contributed by atoms with van der Waals surface area (Å²) in [6, 6.07) is 27.7. The van der Waals surface area contributed by atoms with E-state index in [0.29, 0.717) is 28.5 Å². The summed E-state index contributed by atoms with van der Waals surface area (Å²) in [5.41, 5.74) is 2.92. The highest BCUT2D eigenvalue weighted by Crippen LogP contribution is 2.36. The fourth-order valence-corrected chi connectivity index (χ4v) is 5.42. The molecule has 0 radical (unpaired) electrons. The van der Waals surface area contributed by atoms with Crippen LogP contribution in [0.1, 0.15) is 27.7 Å². The molecular weight excluding hydrogens is 584 g/mol. The number of hydrogen-bond donors (Lipinski definition) is 0. The Morgan fingerprint density at radius 1 is 0.927 bits per heavy atom. The van der Waals surface area contributed by atoms with Gasteiger partial charge >= 0.3 is 5.97 Å². The van der Waals surface area contributed by atoms with Gasteiger partial charge in [-0.15, -0.1) is 0 Å². The second kappa shape index (κ2) is 11.8. The minimum Gasteiger partial charge on any atom is -0.462 e. The quantitative estimate of drug-likeness (QED) is 0.180. The molecule has 2 aromatic heterocycles. The predicted molar refractivity (Wildman–Crippen MR) is 159 cm³/mol. The lowest BCUT2D eigenvalue weighted by atomic mass is 9.95.